The molecule has 168 valence electrons. The van der Waals surface area contributed by atoms with E-state index < -0.39 is 34.6 Å². The van der Waals surface area contributed by atoms with Crippen molar-refractivity contribution < 1.29 is 22.4 Å². The maximum Gasteiger partial charge on any atom is 0.433 e. The molecule has 0 bridgehead atoms. The average molecular weight is 458 g/mol. The molecule has 2 amide bonds. The van der Waals surface area contributed by atoms with Gasteiger partial charge in [0.1, 0.15) is 5.69 Å². The van der Waals surface area contributed by atoms with Gasteiger partial charge in [-0.25, -0.2) is 14.2 Å². The van der Waals surface area contributed by atoms with Gasteiger partial charge in [-0.15, -0.1) is 4.36 Å². The Morgan fingerprint density at radius 2 is 2.06 bits per heavy atom. The van der Waals surface area contributed by atoms with Crippen molar-refractivity contribution in [1.82, 2.24) is 14.8 Å². The van der Waals surface area contributed by atoms with E-state index in [1.807, 2.05) is 0 Å². The highest BCUT2D eigenvalue weighted by Gasteiger charge is 2.43. The number of fused-ring (bicyclic) bond motifs is 1. The Morgan fingerprint density at radius 1 is 1.35 bits per heavy atom. The Hall–Kier alpha value is -2.34. The SMILES string of the molecule is CC(C)n1cc(F)c(/S(N)=N/C(=O)Nc2c3c(nc(C(F)(F)F)c2C2CC2)CCC3)n1. The third kappa shape index (κ3) is 4.36. The standard InChI is InChI=1S/C19H22F4N6OS/c1-9(2)29-8-12(20)17(27-29)31(24)28-18(30)26-15-11-4-3-5-13(11)25-16(19(21,22)23)14(15)10-6-7-10/h8-10H,3-7H2,1-2H3,(H3,24,25,26,28,30). The number of alkyl halides is 3. The lowest BCUT2D eigenvalue weighted by Crippen LogP contribution is -2.20. The van der Waals surface area contributed by atoms with Crippen molar-refractivity contribution in [1.29, 1.82) is 0 Å². The monoisotopic (exact) mass is 458 g/mol. The van der Waals surface area contributed by atoms with Crippen LogP contribution in [0.2, 0.25) is 0 Å². The van der Waals surface area contributed by atoms with Crippen LogP contribution in [0.5, 0.6) is 0 Å². The quantitative estimate of drug-likeness (QED) is 0.652. The van der Waals surface area contributed by atoms with Crippen molar-refractivity contribution in [2.45, 2.75) is 69.1 Å². The fraction of sp³-hybridized carbons (Fsp3) is 0.526. The number of nitrogens with zero attached hydrogens (tertiary/aromatic N) is 4. The lowest BCUT2D eigenvalue weighted by atomic mass is 10.00. The van der Waals surface area contributed by atoms with Crippen molar-refractivity contribution in [3.63, 3.8) is 0 Å². The first-order valence-corrected chi connectivity index (χ1v) is 11.2. The van der Waals surface area contributed by atoms with Gasteiger partial charge in [0.25, 0.3) is 0 Å². The summed E-state index contributed by atoms with van der Waals surface area (Å²) in [6.45, 7) is 3.60. The van der Waals surface area contributed by atoms with Crippen LogP contribution in [0.3, 0.4) is 0 Å². The van der Waals surface area contributed by atoms with Crippen LogP contribution in [-0.4, -0.2) is 20.8 Å². The van der Waals surface area contributed by atoms with Crippen molar-refractivity contribution in [3.8, 4) is 0 Å². The van der Waals surface area contributed by atoms with E-state index in [2.05, 4.69) is 19.8 Å². The molecule has 7 nitrogen and oxygen atoms in total. The van der Waals surface area contributed by atoms with Crippen molar-refractivity contribution in [3.05, 3.63) is 34.5 Å². The van der Waals surface area contributed by atoms with E-state index >= 15 is 0 Å². The summed E-state index contributed by atoms with van der Waals surface area (Å²) >= 11 is 0. The van der Waals surface area contributed by atoms with Crippen molar-refractivity contribution in [2.24, 2.45) is 9.50 Å². The van der Waals surface area contributed by atoms with Crippen LogP contribution in [0.1, 0.15) is 67.6 Å². The molecular weight excluding hydrogens is 436 g/mol. The highest BCUT2D eigenvalue weighted by atomic mass is 32.2. The molecule has 4 rings (SSSR count). The molecule has 0 aliphatic heterocycles. The minimum atomic E-state index is -4.63. The topological polar surface area (TPSA) is 98.2 Å². The zero-order valence-electron chi connectivity index (χ0n) is 17.0. The maximum atomic E-state index is 14.2. The Labute approximate surface area is 178 Å². The summed E-state index contributed by atoms with van der Waals surface area (Å²) in [5.74, 6) is -1.00. The molecule has 2 aliphatic carbocycles. The Bertz CT molecular complexity index is 1070. The number of pyridine rings is 1. The molecule has 1 atom stereocenters. The van der Waals surface area contributed by atoms with Crippen LogP contribution >= 0.6 is 0 Å². The molecule has 1 fully saturated rings. The first-order valence-electron chi connectivity index (χ1n) is 9.95. The average Bonchev–Trinajstić information content (AvgIpc) is 3.24. The molecule has 12 heteroatoms. The lowest BCUT2D eigenvalue weighted by Gasteiger charge is -2.19. The molecule has 3 N–H and O–H groups in total. The number of urea groups is 1. The zero-order chi connectivity index (χ0) is 22.5. The number of carbonyl (C=O) groups is 1. The Morgan fingerprint density at radius 3 is 2.65 bits per heavy atom. The first kappa shape index (κ1) is 21.9. The second kappa shape index (κ2) is 7.97. The minimum Gasteiger partial charge on any atom is -0.305 e. The molecule has 2 heterocycles. The van der Waals surface area contributed by atoms with Crippen LogP contribution in [0.15, 0.2) is 15.6 Å². The lowest BCUT2D eigenvalue weighted by molar-refractivity contribution is -0.141. The van der Waals surface area contributed by atoms with E-state index in [1.54, 1.807) is 13.8 Å². The summed E-state index contributed by atoms with van der Waals surface area (Å²) in [7, 11) is -1.70. The van der Waals surface area contributed by atoms with Gasteiger partial charge in [0.2, 0.25) is 0 Å². The molecule has 2 aromatic rings. The maximum absolute atomic E-state index is 14.2. The van der Waals surface area contributed by atoms with Crippen LogP contribution in [0.25, 0.3) is 0 Å². The zero-order valence-corrected chi connectivity index (χ0v) is 17.8. The highest BCUT2D eigenvalue weighted by Crippen LogP contribution is 2.50. The normalized spacial score (nSPS) is 17.3. The number of halogens is 4. The largest absolute Gasteiger partial charge is 0.433 e. The second-order valence-electron chi connectivity index (χ2n) is 7.99. The molecule has 1 unspecified atom stereocenters. The predicted molar refractivity (Wildman–Crippen MR) is 107 cm³/mol. The van der Waals surface area contributed by atoms with Crippen LogP contribution < -0.4 is 10.5 Å². The number of nitrogens with two attached hydrogens (primary N) is 1. The van der Waals surface area contributed by atoms with E-state index in [-0.39, 0.29) is 28.2 Å². The number of rotatable bonds is 4. The molecule has 2 aromatic heterocycles. The summed E-state index contributed by atoms with van der Waals surface area (Å²) in [5, 5.41) is 12.2. The Balaban J connectivity index is 1.70. The van der Waals surface area contributed by atoms with Gasteiger partial charge in [-0.2, -0.15) is 18.3 Å². The molecule has 1 saturated carbocycles. The second-order valence-corrected chi connectivity index (χ2v) is 9.19. The number of hydrogen-bond acceptors (Lipinski definition) is 3. The summed E-state index contributed by atoms with van der Waals surface area (Å²) in [6, 6.07) is -1.05. The third-order valence-electron chi connectivity index (χ3n) is 5.31. The van der Waals surface area contributed by atoms with Gasteiger partial charge in [0.05, 0.1) is 11.9 Å². The predicted octanol–water partition coefficient (Wildman–Crippen LogP) is 4.65. The van der Waals surface area contributed by atoms with Crippen molar-refractivity contribution in [2.75, 3.05) is 5.32 Å². The fourth-order valence-corrected chi connectivity index (χ4v) is 4.49. The fourth-order valence-electron chi connectivity index (χ4n) is 3.75. The number of hydrogen-bond donors (Lipinski definition) is 2. The summed E-state index contributed by atoms with van der Waals surface area (Å²) in [4.78, 5) is 16.5. The van der Waals surface area contributed by atoms with Gasteiger partial charge in [-0.05, 0) is 57.4 Å². The van der Waals surface area contributed by atoms with Gasteiger partial charge < -0.3 is 5.32 Å². The van der Waals surface area contributed by atoms with E-state index in [0.717, 1.165) is 6.20 Å². The van der Waals surface area contributed by atoms with Gasteiger partial charge in [0.15, 0.2) is 10.8 Å². The summed E-state index contributed by atoms with van der Waals surface area (Å²) in [5.41, 5.74) is 0.172. The number of carbonyl (C=O) groups excluding carboxylic acids is 1. The molecule has 0 saturated heterocycles. The van der Waals surface area contributed by atoms with Crippen LogP contribution in [-0.2, 0) is 29.9 Å². The summed E-state index contributed by atoms with van der Waals surface area (Å²) in [6.07, 6.45) is -0.660. The van der Waals surface area contributed by atoms with Gasteiger partial charge in [-0.1, -0.05) is 0 Å². The van der Waals surface area contributed by atoms with Crippen LogP contribution in [0.4, 0.5) is 28.0 Å². The molecule has 0 radical (unpaired) electrons. The Kier molecular flexibility index (Phi) is 5.63. The molecule has 0 spiro atoms. The summed E-state index contributed by atoms with van der Waals surface area (Å²) < 4.78 is 60.4. The number of aromatic nitrogens is 3. The van der Waals surface area contributed by atoms with E-state index in [1.165, 1.54) is 4.68 Å². The number of nitrogens with one attached hydrogen (secondary N) is 1. The van der Waals surface area contributed by atoms with E-state index in [0.29, 0.717) is 43.4 Å². The van der Waals surface area contributed by atoms with E-state index in [4.69, 9.17) is 5.14 Å². The van der Waals surface area contributed by atoms with E-state index in [9.17, 15) is 22.4 Å². The number of anilines is 1. The smallest absolute Gasteiger partial charge is 0.305 e. The highest BCUT2D eigenvalue weighted by molar-refractivity contribution is 7.85. The molecule has 2 aliphatic rings. The molecular formula is C19H22F4N6OS. The first-order chi connectivity index (χ1) is 14.6. The molecule has 0 aromatic carbocycles. The van der Waals surface area contributed by atoms with Gasteiger partial charge in [-0.3, -0.25) is 9.82 Å². The van der Waals surface area contributed by atoms with Crippen LogP contribution in [0, 0.1) is 5.82 Å². The number of aryl methyl sites for hydroxylation is 1. The minimum absolute atomic E-state index is 0.0175. The molecule has 31 heavy (non-hydrogen) atoms. The number of amides is 2. The van der Waals surface area contributed by atoms with Gasteiger partial charge in [0, 0.05) is 28.2 Å². The van der Waals surface area contributed by atoms with Gasteiger partial charge >= 0.3 is 12.2 Å². The third-order valence-corrected chi connectivity index (χ3v) is 6.35. The van der Waals surface area contributed by atoms with Crippen molar-refractivity contribution >= 4 is 22.6 Å².